The van der Waals surface area contributed by atoms with Gasteiger partial charge in [-0.3, -0.25) is 0 Å². The zero-order chi connectivity index (χ0) is 24.8. The standard InChI is InChI=1S/C24H48.C5H12.C2H6/c1-9-12-19(7)24(20(8)18(6)10-2)23-14-13-22(16-23)21(11-3)15-17(4)5;1-5(2,3)4;1-2/h17-24H,9-16H2,1-8H3;1-4H3;1-2H3. The molecule has 0 amide bonds. The second kappa shape index (κ2) is 17.5. The molecule has 0 nitrogen and oxygen atoms in total. The summed E-state index contributed by atoms with van der Waals surface area (Å²) in [6, 6.07) is 0. The largest absolute Gasteiger partial charge is 0.0683 e. The monoisotopic (exact) mass is 439 g/mol. The zero-order valence-electron chi connectivity index (χ0n) is 24.8. The Bertz CT molecular complexity index is 381. The van der Waals surface area contributed by atoms with E-state index in [0.717, 1.165) is 47.3 Å². The molecule has 0 aromatic carbocycles. The number of hydrogen-bond acceptors (Lipinski definition) is 0. The van der Waals surface area contributed by atoms with Gasteiger partial charge in [0, 0.05) is 0 Å². The van der Waals surface area contributed by atoms with Crippen LogP contribution in [0.3, 0.4) is 0 Å². The summed E-state index contributed by atoms with van der Waals surface area (Å²) >= 11 is 0. The van der Waals surface area contributed by atoms with E-state index in [-0.39, 0.29) is 0 Å². The van der Waals surface area contributed by atoms with Gasteiger partial charge < -0.3 is 0 Å². The van der Waals surface area contributed by atoms with Crippen LogP contribution in [-0.2, 0) is 0 Å². The summed E-state index contributed by atoms with van der Waals surface area (Å²) in [5.74, 6) is 7.51. The molecule has 0 aromatic heterocycles. The molecule has 1 rings (SSSR count). The van der Waals surface area contributed by atoms with Crippen molar-refractivity contribution in [1.29, 1.82) is 0 Å². The fourth-order valence-corrected chi connectivity index (χ4v) is 5.94. The van der Waals surface area contributed by atoms with Crippen LogP contribution in [0.2, 0.25) is 0 Å². The van der Waals surface area contributed by atoms with Crippen molar-refractivity contribution < 1.29 is 0 Å². The van der Waals surface area contributed by atoms with Gasteiger partial charge in [0.25, 0.3) is 0 Å². The van der Waals surface area contributed by atoms with Gasteiger partial charge >= 0.3 is 0 Å². The van der Waals surface area contributed by atoms with E-state index in [9.17, 15) is 0 Å². The first-order valence-corrected chi connectivity index (χ1v) is 14.3. The van der Waals surface area contributed by atoms with Crippen LogP contribution in [-0.4, -0.2) is 0 Å². The molecule has 7 atom stereocenters. The average Bonchev–Trinajstić information content (AvgIpc) is 3.15. The maximum atomic E-state index is 2.57. The minimum Gasteiger partial charge on any atom is -0.0683 e. The predicted octanol–water partition coefficient (Wildman–Crippen LogP) is 11.3. The van der Waals surface area contributed by atoms with Crippen LogP contribution in [0.1, 0.15) is 148 Å². The summed E-state index contributed by atoms with van der Waals surface area (Å²) in [6.45, 7) is 32.4. The van der Waals surface area contributed by atoms with Crippen LogP contribution >= 0.6 is 0 Å². The smallest absolute Gasteiger partial charge is 0.0332 e. The van der Waals surface area contributed by atoms with E-state index in [1.165, 1.54) is 51.4 Å². The number of hydrogen-bond donors (Lipinski definition) is 0. The predicted molar refractivity (Wildman–Crippen MR) is 147 cm³/mol. The molecule has 0 heteroatoms. The van der Waals surface area contributed by atoms with Gasteiger partial charge in [0.2, 0.25) is 0 Å². The molecule has 31 heavy (non-hydrogen) atoms. The Morgan fingerprint density at radius 2 is 1.23 bits per heavy atom. The Morgan fingerprint density at radius 3 is 1.61 bits per heavy atom. The summed E-state index contributed by atoms with van der Waals surface area (Å²) in [5.41, 5.74) is 0.500. The molecular weight excluding hydrogens is 372 g/mol. The van der Waals surface area contributed by atoms with Gasteiger partial charge in [-0.2, -0.15) is 0 Å². The van der Waals surface area contributed by atoms with Crippen molar-refractivity contribution in [2.45, 2.75) is 148 Å². The second-order valence-corrected chi connectivity index (χ2v) is 12.7. The van der Waals surface area contributed by atoms with Crippen molar-refractivity contribution in [1.82, 2.24) is 0 Å². The fourth-order valence-electron chi connectivity index (χ4n) is 5.94. The molecule has 0 saturated heterocycles. The van der Waals surface area contributed by atoms with E-state index in [1.807, 2.05) is 13.8 Å². The van der Waals surface area contributed by atoms with Gasteiger partial charge in [-0.25, -0.2) is 0 Å². The lowest BCUT2D eigenvalue weighted by Crippen LogP contribution is -2.31. The van der Waals surface area contributed by atoms with Crippen molar-refractivity contribution in [3.05, 3.63) is 0 Å². The van der Waals surface area contributed by atoms with Crippen molar-refractivity contribution in [3.8, 4) is 0 Å². The van der Waals surface area contributed by atoms with E-state index >= 15 is 0 Å². The van der Waals surface area contributed by atoms with Crippen LogP contribution in [0.5, 0.6) is 0 Å². The van der Waals surface area contributed by atoms with Crippen LogP contribution in [0.4, 0.5) is 0 Å². The Morgan fingerprint density at radius 1 is 0.742 bits per heavy atom. The third kappa shape index (κ3) is 14.7. The Hall–Kier alpha value is 0. The first-order valence-electron chi connectivity index (χ1n) is 14.3. The Kier molecular flexibility index (Phi) is 18.7. The molecule has 7 unspecified atom stereocenters. The van der Waals surface area contributed by atoms with Crippen LogP contribution < -0.4 is 0 Å². The molecule has 0 heterocycles. The molecular formula is C31H66. The first kappa shape index (κ1) is 33.2. The highest BCUT2D eigenvalue weighted by molar-refractivity contribution is 4.89. The summed E-state index contributed by atoms with van der Waals surface area (Å²) in [4.78, 5) is 0. The van der Waals surface area contributed by atoms with Gasteiger partial charge in [-0.15, -0.1) is 0 Å². The highest BCUT2D eigenvalue weighted by Gasteiger charge is 2.39. The maximum absolute atomic E-state index is 2.57. The maximum Gasteiger partial charge on any atom is -0.0332 e. The molecule has 190 valence electrons. The molecule has 1 aliphatic carbocycles. The van der Waals surface area contributed by atoms with E-state index in [0.29, 0.717) is 5.41 Å². The second-order valence-electron chi connectivity index (χ2n) is 12.7. The molecule has 0 N–H and O–H groups in total. The molecule has 0 spiro atoms. The van der Waals surface area contributed by atoms with Crippen LogP contribution in [0, 0.1) is 52.8 Å². The van der Waals surface area contributed by atoms with Gasteiger partial charge in [-0.05, 0) is 78.4 Å². The topological polar surface area (TPSA) is 0 Å². The molecule has 1 fully saturated rings. The molecule has 0 bridgehead atoms. The number of rotatable bonds is 11. The van der Waals surface area contributed by atoms with Gasteiger partial charge in [0.05, 0.1) is 0 Å². The Balaban J connectivity index is 0. The lowest BCUT2D eigenvalue weighted by atomic mass is 9.67. The lowest BCUT2D eigenvalue weighted by molar-refractivity contribution is 0.112. The summed E-state index contributed by atoms with van der Waals surface area (Å²) in [6.07, 6.45) is 11.5. The minimum atomic E-state index is 0.500. The normalized spacial score (nSPS) is 23.7. The third-order valence-electron chi connectivity index (χ3n) is 7.57. The quantitative estimate of drug-likeness (QED) is 0.301. The highest BCUT2D eigenvalue weighted by atomic mass is 14.4. The van der Waals surface area contributed by atoms with E-state index in [4.69, 9.17) is 0 Å². The molecule has 0 aromatic rings. The van der Waals surface area contributed by atoms with Gasteiger partial charge in [0.15, 0.2) is 0 Å². The molecule has 0 aliphatic heterocycles. The molecule has 1 aliphatic rings. The highest BCUT2D eigenvalue weighted by Crippen LogP contribution is 2.48. The Labute approximate surface area is 201 Å². The van der Waals surface area contributed by atoms with Crippen molar-refractivity contribution in [2.24, 2.45) is 52.8 Å². The molecule has 1 saturated carbocycles. The van der Waals surface area contributed by atoms with Crippen molar-refractivity contribution in [3.63, 3.8) is 0 Å². The van der Waals surface area contributed by atoms with E-state index in [2.05, 4.69) is 83.1 Å². The first-order chi connectivity index (χ1) is 14.3. The third-order valence-corrected chi connectivity index (χ3v) is 7.57. The minimum absolute atomic E-state index is 0.500. The molecule has 0 radical (unpaired) electrons. The van der Waals surface area contributed by atoms with Crippen molar-refractivity contribution in [2.75, 3.05) is 0 Å². The van der Waals surface area contributed by atoms with Crippen LogP contribution in [0.25, 0.3) is 0 Å². The lowest BCUT2D eigenvalue weighted by Gasteiger charge is -2.38. The van der Waals surface area contributed by atoms with E-state index in [1.54, 1.807) is 0 Å². The van der Waals surface area contributed by atoms with Gasteiger partial charge in [0.1, 0.15) is 0 Å². The van der Waals surface area contributed by atoms with Gasteiger partial charge in [-0.1, -0.05) is 123 Å². The zero-order valence-corrected chi connectivity index (χ0v) is 24.8. The van der Waals surface area contributed by atoms with Crippen LogP contribution in [0.15, 0.2) is 0 Å². The summed E-state index contributed by atoms with van der Waals surface area (Å²) in [7, 11) is 0. The summed E-state index contributed by atoms with van der Waals surface area (Å²) in [5, 5.41) is 0. The SMILES string of the molecule is CC.CC(C)(C)C.CCCC(C)C(C1CCC(C(CC)CC(C)C)C1)C(C)C(C)CC. The average molecular weight is 439 g/mol. The summed E-state index contributed by atoms with van der Waals surface area (Å²) < 4.78 is 0. The fraction of sp³-hybridized carbons (Fsp3) is 1.00. The van der Waals surface area contributed by atoms with Crippen molar-refractivity contribution >= 4 is 0 Å². The van der Waals surface area contributed by atoms with E-state index < -0.39 is 0 Å².